The summed E-state index contributed by atoms with van der Waals surface area (Å²) in [5.41, 5.74) is 13.7. The number of amides is 3. The number of likely N-dealkylation sites (tertiary alicyclic amines) is 1. The second-order valence-electron chi connectivity index (χ2n) is 12.0. The number of nitrogens with two attached hydrogens (primary N) is 2. The van der Waals surface area contributed by atoms with Gasteiger partial charge in [-0.2, -0.15) is 0 Å². The predicted molar refractivity (Wildman–Crippen MR) is 150 cm³/mol. The number of fused-ring (bicyclic) bond motifs is 1. The predicted octanol–water partition coefficient (Wildman–Crippen LogP) is 3.67. The Bertz CT molecular complexity index is 1480. The SMILES string of the molecule is COc1cc(C(=O)N2CCCC(OC(N)=O)[C@H]2C(C)(C)C)cc2nc(-c3ccc(C(N)=O)n3CC3CC3)n(C)c12. The van der Waals surface area contributed by atoms with Crippen LogP contribution in [-0.4, -0.2) is 62.7 Å². The van der Waals surface area contributed by atoms with Crippen molar-refractivity contribution in [3.63, 3.8) is 0 Å². The second kappa shape index (κ2) is 10.2. The summed E-state index contributed by atoms with van der Waals surface area (Å²) in [5, 5.41) is 0. The van der Waals surface area contributed by atoms with Crippen molar-refractivity contribution in [2.45, 2.75) is 65.1 Å². The molecule has 2 atom stereocenters. The fourth-order valence-electron chi connectivity index (χ4n) is 6.10. The van der Waals surface area contributed by atoms with Crippen molar-refractivity contribution < 1.29 is 23.9 Å². The van der Waals surface area contributed by atoms with Gasteiger partial charge in [0.15, 0.2) is 5.82 Å². The number of ether oxygens (including phenoxy) is 2. The molecule has 1 saturated carbocycles. The Hall–Kier alpha value is -4.02. The minimum atomic E-state index is -0.844. The molecule has 1 saturated heterocycles. The quantitative estimate of drug-likeness (QED) is 0.459. The van der Waals surface area contributed by atoms with Crippen molar-refractivity contribution >= 4 is 28.9 Å². The van der Waals surface area contributed by atoms with Crippen LogP contribution >= 0.6 is 0 Å². The molecule has 0 bridgehead atoms. The van der Waals surface area contributed by atoms with Gasteiger partial charge in [0.05, 0.1) is 24.4 Å². The third-order valence-corrected chi connectivity index (χ3v) is 7.99. The van der Waals surface area contributed by atoms with E-state index in [1.165, 1.54) is 0 Å². The van der Waals surface area contributed by atoms with E-state index >= 15 is 0 Å². The maximum Gasteiger partial charge on any atom is 0.404 e. The van der Waals surface area contributed by atoms with Crippen LogP contribution in [0.2, 0.25) is 0 Å². The van der Waals surface area contributed by atoms with Crippen LogP contribution in [0.3, 0.4) is 0 Å². The molecular weight excluding hydrogens is 512 g/mol. The minimum absolute atomic E-state index is 0.196. The number of piperidine rings is 1. The molecule has 1 aliphatic heterocycles. The van der Waals surface area contributed by atoms with Crippen molar-refractivity contribution in [2.75, 3.05) is 13.7 Å². The third-order valence-electron chi connectivity index (χ3n) is 7.99. The van der Waals surface area contributed by atoms with Crippen LogP contribution < -0.4 is 16.2 Å². The summed E-state index contributed by atoms with van der Waals surface area (Å²) in [5.74, 6) is 0.988. The molecule has 2 fully saturated rings. The van der Waals surface area contributed by atoms with Crippen LogP contribution in [0.4, 0.5) is 4.79 Å². The smallest absolute Gasteiger partial charge is 0.404 e. The molecule has 1 unspecified atom stereocenters. The van der Waals surface area contributed by atoms with E-state index in [2.05, 4.69) is 0 Å². The molecule has 4 N–H and O–H groups in total. The highest BCUT2D eigenvalue weighted by atomic mass is 16.6. The van der Waals surface area contributed by atoms with Gasteiger partial charge >= 0.3 is 6.09 Å². The standard InChI is InChI=1S/C29H38N6O5/c1-29(2,3)24-21(40-28(31)38)7-6-12-34(24)27(37)17-13-18-23(22(14-17)39-5)33(4)26(32-18)20-11-10-19(25(30)36)35(20)15-16-8-9-16/h10-11,13-14,16,21,24H,6-9,12,15H2,1-5H3,(H2,30,36)(H2,31,38)/t21?,24-/m0/s1. The topological polar surface area (TPSA) is 148 Å². The van der Waals surface area contributed by atoms with Gasteiger partial charge in [0, 0.05) is 25.7 Å². The van der Waals surface area contributed by atoms with Crippen molar-refractivity contribution in [1.82, 2.24) is 19.0 Å². The summed E-state index contributed by atoms with van der Waals surface area (Å²) < 4.78 is 15.1. The summed E-state index contributed by atoms with van der Waals surface area (Å²) in [4.78, 5) is 44.5. The molecule has 5 rings (SSSR count). The summed E-state index contributed by atoms with van der Waals surface area (Å²) in [7, 11) is 3.45. The molecule has 1 aliphatic carbocycles. The van der Waals surface area contributed by atoms with Gasteiger partial charge in [-0.15, -0.1) is 0 Å². The normalized spacial score (nSPS) is 19.6. The number of carbonyl (C=O) groups excluding carboxylic acids is 3. The summed E-state index contributed by atoms with van der Waals surface area (Å²) in [6, 6.07) is 6.74. The van der Waals surface area contributed by atoms with Gasteiger partial charge in [-0.1, -0.05) is 20.8 Å². The number of imidazole rings is 1. The highest BCUT2D eigenvalue weighted by Crippen LogP contribution is 2.38. The van der Waals surface area contributed by atoms with E-state index in [1.54, 1.807) is 30.2 Å². The van der Waals surface area contributed by atoms with Gasteiger partial charge in [-0.3, -0.25) is 9.59 Å². The zero-order valence-corrected chi connectivity index (χ0v) is 23.8. The highest BCUT2D eigenvalue weighted by Gasteiger charge is 2.44. The molecule has 3 heterocycles. The van der Waals surface area contributed by atoms with Crippen LogP contribution in [0, 0.1) is 11.3 Å². The molecule has 40 heavy (non-hydrogen) atoms. The summed E-state index contributed by atoms with van der Waals surface area (Å²) in [6.07, 6.45) is 2.21. The van der Waals surface area contributed by atoms with Crippen LogP contribution in [0.15, 0.2) is 24.3 Å². The van der Waals surface area contributed by atoms with E-state index in [0.29, 0.717) is 60.2 Å². The molecule has 11 nitrogen and oxygen atoms in total. The van der Waals surface area contributed by atoms with Gasteiger partial charge in [0.25, 0.3) is 11.8 Å². The number of hydrogen-bond acceptors (Lipinski definition) is 6. The first kappa shape index (κ1) is 27.5. The second-order valence-corrected chi connectivity index (χ2v) is 12.0. The monoisotopic (exact) mass is 550 g/mol. The fraction of sp³-hybridized carbons (Fsp3) is 0.517. The van der Waals surface area contributed by atoms with E-state index in [4.69, 9.17) is 25.9 Å². The number of aryl methyl sites for hydroxylation is 1. The van der Waals surface area contributed by atoms with Crippen LogP contribution in [-0.2, 0) is 18.3 Å². The molecule has 0 spiro atoms. The first-order chi connectivity index (χ1) is 18.9. The Balaban J connectivity index is 1.57. The molecule has 3 aromatic rings. The molecule has 2 aliphatic rings. The molecular formula is C29H38N6O5. The van der Waals surface area contributed by atoms with Gasteiger partial charge < -0.3 is 35.0 Å². The fourth-order valence-corrected chi connectivity index (χ4v) is 6.10. The Kier molecular flexibility index (Phi) is 7.01. The van der Waals surface area contributed by atoms with E-state index in [0.717, 1.165) is 24.1 Å². The molecule has 214 valence electrons. The number of aromatic nitrogens is 3. The van der Waals surface area contributed by atoms with Crippen molar-refractivity contribution in [3.8, 4) is 17.3 Å². The van der Waals surface area contributed by atoms with Crippen LogP contribution in [0.1, 0.15) is 67.3 Å². The first-order valence-corrected chi connectivity index (χ1v) is 13.7. The Morgan fingerprint density at radius 3 is 2.42 bits per heavy atom. The maximum absolute atomic E-state index is 14.0. The van der Waals surface area contributed by atoms with Gasteiger partial charge in [-0.25, -0.2) is 9.78 Å². The Morgan fingerprint density at radius 2 is 1.82 bits per heavy atom. The number of hydrogen-bond donors (Lipinski definition) is 2. The minimum Gasteiger partial charge on any atom is -0.494 e. The largest absolute Gasteiger partial charge is 0.494 e. The van der Waals surface area contributed by atoms with Gasteiger partial charge in [-0.05, 0) is 61.3 Å². The van der Waals surface area contributed by atoms with E-state index in [-0.39, 0.29) is 17.4 Å². The number of rotatable bonds is 7. The average Bonchev–Trinajstić information content (AvgIpc) is 3.51. The van der Waals surface area contributed by atoms with E-state index in [1.807, 2.05) is 43.0 Å². The lowest BCUT2D eigenvalue weighted by Gasteiger charge is -2.47. The van der Waals surface area contributed by atoms with Crippen molar-refractivity contribution in [3.05, 3.63) is 35.5 Å². The van der Waals surface area contributed by atoms with Crippen LogP contribution in [0.5, 0.6) is 5.75 Å². The van der Waals surface area contributed by atoms with Crippen molar-refractivity contribution in [2.24, 2.45) is 29.8 Å². The number of carbonyl (C=O) groups is 3. The van der Waals surface area contributed by atoms with Crippen molar-refractivity contribution in [1.29, 1.82) is 0 Å². The lowest BCUT2D eigenvalue weighted by molar-refractivity contribution is -0.0352. The zero-order valence-electron chi connectivity index (χ0n) is 23.8. The lowest BCUT2D eigenvalue weighted by Crippen LogP contribution is -2.58. The zero-order chi connectivity index (χ0) is 28.9. The maximum atomic E-state index is 14.0. The van der Waals surface area contributed by atoms with Gasteiger partial charge in [0.1, 0.15) is 23.1 Å². The van der Waals surface area contributed by atoms with E-state index in [9.17, 15) is 14.4 Å². The Morgan fingerprint density at radius 1 is 1.10 bits per heavy atom. The third kappa shape index (κ3) is 5.00. The lowest BCUT2D eigenvalue weighted by atomic mass is 9.78. The molecule has 0 radical (unpaired) electrons. The first-order valence-electron chi connectivity index (χ1n) is 13.7. The number of primary amides is 2. The summed E-state index contributed by atoms with van der Waals surface area (Å²) >= 11 is 0. The Labute approximate surface area is 233 Å². The number of benzene rings is 1. The number of nitrogens with zero attached hydrogens (tertiary/aromatic N) is 4. The molecule has 1 aromatic carbocycles. The highest BCUT2D eigenvalue weighted by molar-refractivity contribution is 6.00. The summed E-state index contributed by atoms with van der Waals surface area (Å²) in [6.45, 7) is 7.28. The van der Waals surface area contributed by atoms with Crippen LogP contribution in [0.25, 0.3) is 22.6 Å². The van der Waals surface area contributed by atoms with Gasteiger partial charge in [0.2, 0.25) is 0 Å². The van der Waals surface area contributed by atoms with E-state index < -0.39 is 18.1 Å². The molecule has 3 amide bonds. The average molecular weight is 551 g/mol. The molecule has 2 aromatic heterocycles. The number of methoxy groups -OCH3 is 1. The molecule has 11 heteroatoms.